The Bertz CT molecular complexity index is 655. The summed E-state index contributed by atoms with van der Waals surface area (Å²) in [6.45, 7) is 1.63. The number of hydrogen-bond donors (Lipinski definition) is 1. The van der Waals surface area contributed by atoms with Crippen LogP contribution in [0.4, 0.5) is 0 Å². The van der Waals surface area contributed by atoms with Gasteiger partial charge in [-0.1, -0.05) is 37.3 Å². The van der Waals surface area contributed by atoms with Gasteiger partial charge in [0.2, 0.25) is 6.79 Å². The van der Waals surface area contributed by atoms with Crippen molar-refractivity contribution >= 4 is 23.5 Å². The molecule has 6 nitrogen and oxygen atoms in total. The smallest absolute Gasteiger partial charge is 0.339 e. The van der Waals surface area contributed by atoms with Gasteiger partial charge in [0.05, 0.1) is 10.6 Å². The number of hydrogen-bond acceptors (Lipinski definition) is 5. The molecule has 136 valence electrons. The third kappa shape index (κ3) is 4.37. The number of carbonyl (C=O) groups is 2. The zero-order valence-corrected chi connectivity index (χ0v) is 14.9. The molecule has 1 aromatic carbocycles. The van der Waals surface area contributed by atoms with Crippen molar-refractivity contribution in [2.45, 2.75) is 57.6 Å². The molecule has 1 heterocycles. The molecule has 0 unspecified atom stereocenters. The number of ether oxygens (including phenoxy) is 3. The molecular formula is C18H22ClNO5. The Morgan fingerprint density at radius 3 is 2.64 bits per heavy atom. The minimum Gasteiger partial charge on any atom is -0.454 e. The van der Waals surface area contributed by atoms with Gasteiger partial charge in [-0.2, -0.15) is 0 Å². The Kier molecular flexibility index (Phi) is 5.68. The maximum absolute atomic E-state index is 12.3. The first-order valence-corrected chi connectivity index (χ1v) is 9.03. The molecule has 1 aliphatic heterocycles. The zero-order chi connectivity index (χ0) is 17.8. The van der Waals surface area contributed by atoms with E-state index in [9.17, 15) is 9.59 Å². The summed E-state index contributed by atoms with van der Waals surface area (Å²) < 4.78 is 15.7. The largest absolute Gasteiger partial charge is 0.454 e. The van der Waals surface area contributed by atoms with Crippen molar-refractivity contribution in [3.8, 4) is 11.5 Å². The SMILES string of the molecule is C[C@H](OC(=O)c1cc(Cl)c2c(c1)OCO2)C(=O)NC1CCCCCC1. The highest BCUT2D eigenvalue weighted by atomic mass is 35.5. The van der Waals surface area contributed by atoms with Crippen LogP contribution < -0.4 is 14.8 Å². The maximum atomic E-state index is 12.3. The van der Waals surface area contributed by atoms with E-state index in [1.807, 2.05) is 0 Å². The lowest BCUT2D eigenvalue weighted by molar-refractivity contribution is -0.129. The van der Waals surface area contributed by atoms with Crippen LogP contribution in [0.5, 0.6) is 11.5 Å². The molecular weight excluding hydrogens is 346 g/mol. The third-order valence-corrected chi connectivity index (χ3v) is 4.80. The fourth-order valence-corrected chi connectivity index (χ4v) is 3.37. The van der Waals surface area contributed by atoms with Gasteiger partial charge < -0.3 is 19.5 Å². The topological polar surface area (TPSA) is 73.9 Å². The van der Waals surface area contributed by atoms with Gasteiger partial charge in [0.25, 0.3) is 5.91 Å². The number of carbonyl (C=O) groups excluding carboxylic acids is 2. The second-order valence-electron chi connectivity index (χ2n) is 6.44. The summed E-state index contributed by atoms with van der Waals surface area (Å²) in [7, 11) is 0. The molecule has 1 atom stereocenters. The average Bonchev–Trinajstić information content (AvgIpc) is 2.92. The van der Waals surface area contributed by atoms with Crippen molar-refractivity contribution in [3.63, 3.8) is 0 Å². The lowest BCUT2D eigenvalue weighted by Gasteiger charge is -2.19. The zero-order valence-electron chi connectivity index (χ0n) is 14.2. The van der Waals surface area contributed by atoms with Crippen LogP contribution in [0.1, 0.15) is 55.8 Å². The van der Waals surface area contributed by atoms with E-state index >= 15 is 0 Å². The Balaban J connectivity index is 1.58. The summed E-state index contributed by atoms with van der Waals surface area (Å²) >= 11 is 6.07. The van der Waals surface area contributed by atoms with Gasteiger partial charge in [-0.3, -0.25) is 4.79 Å². The molecule has 1 N–H and O–H groups in total. The molecule has 3 rings (SSSR count). The molecule has 1 aromatic rings. The Morgan fingerprint density at radius 1 is 1.20 bits per heavy atom. The average molecular weight is 368 g/mol. The summed E-state index contributed by atoms with van der Waals surface area (Å²) in [5.74, 6) is -0.0804. The van der Waals surface area contributed by atoms with Crippen molar-refractivity contribution < 1.29 is 23.8 Å². The summed E-state index contributed by atoms with van der Waals surface area (Å²) in [6.07, 6.45) is 5.74. The van der Waals surface area contributed by atoms with E-state index in [0.717, 1.165) is 25.7 Å². The molecule has 1 aliphatic carbocycles. The van der Waals surface area contributed by atoms with E-state index in [1.165, 1.54) is 25.0 Å². The standard InChI is InChI=1S/C18H22ClNO5/c1-11(17(21)20-13-6-4-2-3-5-7-13)25-18(22)12-8-14(19)16-15(9-12)23-10-24-16/h8-9,11,13H,2-7,10H2,1H3,(H,20,21)/t11-/m0/s1. The molecule has 25 heavy (non-hydrogen) atoms. The van der Waals surface area contributed by atoms with E-state index in [0.29, 0.717) is 11.5 Å². The van der Waals surface area contributed by atoms with Gasteiger partial charge in [0, 0.05) is 6.04 Å². The maximum Gasteiger partial charge on any atom is 0.339 e. The fraction of sp³-hybridized carbons (Fsp3) is 0.556. The molecule has 0 bridgehead atoms. The van der Waals surface area contributed by atoms with Crippen LogP contribution in [-0.2, 0) is 9.53 Å². The molecule has 7 heteroatoms. The Morgan fingerprint density at radius 2 is 1.92 bits per heavy atom. The minimum atomic E-state index is -0.875. The first-order chi connectivity index (χ1) is 12.0. The molecule has 0 spiro atoms. The van der Waals surface area contributed by atoms with E-state index < -0.39 is 12.1 Å². The van der Waals surface area contributed by atoms with E-state index in [-0.39, 0.29) is 29.3 Å². The summed E-state index contributed by atoms with van der Waals surface area (Å²) in [4.78, 5) is 24.6. The lowest BCUT2D eigenvalue weighted by Crippen LogP contribution is -2.41. The first-order valence-electron chi connectivity index (χ1n) is 8.65. The molecule has 1 saturated carbocycles. The summed E-state index contributed by atoms with van der Waals surface area (Å²) in [5, 5.41) is 3.26. The van der Waals surface area contributed by atoms with E-state index in [1.54, 1.807) is 6.92 Å². The van der Waals surface area contributed by atoms with Gasteiger partial charge in [-0.15, -0.1) is 0 Å². The molecule has 1 amide bonds. The van der Waals surface area contributed by atoms with Gasteiger partial charge >= 0.3 is 5.97 Å². The normalized spacial score (nSPS) is 18.3. The summed E-state index contributed by atoms with van der Waals surface area (Å²) in [6, 6.07) is 3.12. The van der Waals surface area contributed by atoms with Gasteiger partial charge in [0.15, 0.2) is 17.6 Å². The first kappa shape index (κ1) is 17.9. The number of esters is 1. The van der Waals surface area contributed by atoms with Crippen LogP contribution in [0.2, 0.25) is 5.02 Å². The number of amides is 1. The van der Waals surface area contributed by atoms with Crippen molar-refractivity contribution in [1.29, 1.82) is 0 Å². The third-order valence-electron chi connectivity index (χ3n) is 4.52. The fourth-order valence-electron chi connectivity index (χ4n) is 3.11. The highest BCUT2D eigenvalue weighted by Gasteiger charge is 2.25. The molecule has 0 radical (unpaired) electrons. The number of benzene rings is 1. The Labute approximate surface area is 151 Å². The second kappa shape index (κ2) is 7.95. The predicted octanol–water partition coefficient (Wildman–Crippen LogP) is 3.45. The van der Waals surface area contributed by atoms with Crippen LogP contribution in [0.15, 0.2) is 12.1 Å². The molecule has 2 aliphatic rings. The quantitative estimate of drug-likeness (QED) is 0.651. The van der Waals surface area contributed by atoms with Crippen LogP contribution in [0.3, 0.4) is 0 Å². The number of nitrogens with one attached hydrogen (secondary N) is 1. The van der Waals surface area contributed by atoms with E-state index in [2.05, 4.69) is 5.32 Å². The molecule has 0 aromatic heterocycles. The van der Waals surface area contributed by atoms with Crippen molar-refractivity contribution in [3.05, 3.63) is 22.7 Å². The minimum absolute atomic E-state index is 0.0632. The lowest BCUT2D eigenvalue weighted by atomic mass is 10.1. The molecule has 1 fully saturated rings. The number of rotatable bonds is 4. The Hall–Kier alpha value is -1.95. The monoisotopic (exact) mass is 367 g/mol. The molecule has 0 saturated heterocycles. The van der Waals surface area contributed by atoms with Crippen molar-refractivity contribution in [2.24, 2.45) is 0 Å². The van der Waals surface area contributed by atoms with Gasteiger partial charge in [-0.05, 0) is 31.9 Å². The van der Waals surface area contributed by atoms with Gasteiger partial charge in [0.1, 0.15) is 0 Å². The number of fused-ring (bicyclic) bond motifs is 1. The van der Waals surface area contributed by atoms with Crippen LogP contribution in [0.25, 0.3) is 0 Å². The van der Waals surface area contributed by atoms with Crippen LogP contribution >= 0.6 is 11.6 Å². The second-order valence-corrected chi connectivity index (χ2v) is 6.84. The van der Waals surface area contributed by atoms with Gasteiger partial charge in [-0.25, -0.2) is 4.79 Å². The highest BCUT2D eigenvalue weighted by Crippen LogP contribution is 2.39. The summed E-state index contributed by atoms with van der Waals surface area (Å²) in [5.41, 5.74) is 0.225. The van der Waals surface area contributed by atoms with Crippen molar-refractivity contribution in [1.82, 2.24) is 5.32 Å². The van der Waals surface area contributed by atoms with Crippen LogP contribution in [-0.4, -0.2) is 30.8 Å². The van der Waals surface area contributed by atoms with Crippen LogP contribution in [0, 0.1) is 0 Å². The number of halogens is 1. The van der Waals surface area contributed by atoms with Crippen molar-refractivity contribution in [2.75, 3.05) is 6.79 Å². The predicted molar refractivity (Wildman–Crippen MR) is 92.1 cm³/mol. The highest BCUT2D eigenvalue weighted by molar-refractivity contribution is 6.32. The van der Waals surface area contributed by atoms with E-state index in [4.69, 9.17) is 25.8 Å².